The third kappa shape index (κ3) is 10.8. The number of rotatable bonds is 16. The van der Waals surface area contributed by atoms with Crippen LogP contribution in [0.25, 0.3) is 0 Å². The fourth-order valence-corrected chi connectivity index (χ4v) is 16.2. The highest BCUT2D eigenvalue weighted by molar-refractivity contribution is 5.20. The second-order valence-corrected chi connectivity index (χ2v) is 25.7. The molecule has 440 valence electrons. The highest BCUT2D eigenvalue weighted by Gasteiger charge is 2.72. The zero-order valence-corrected chi connectivity index (χ0v) is 45.4. The van der Waals surface area contributed by atoms with Crippen LogP contribution >= 0.6 is 0 Å². The Bertz CT molecular complexity index is 1960. The van der Waals surface area contributed by atoms with Crippen molar-refractivity contribution in [1.82, 2.24) is 0 Å². The van der Waals surface area contributed by atoms with Crippen molar-refractivity contribution in [1.29, 1.82) is 0 Å². The average Bonchev–Trinajstić information content (AvgIpc) is 3.83. The standard InChI is InChI=1S/C54H92O22/c1-24(2)11-9-10-15-54(8,76-48-44(68)40(64)38(62)30(73-48)23-70-46-42(66)35(59)27(58)22-69-46)25-12-17-53(7)34(25)26(57)19-32-51(5)16-14-33(50(3,4)31(51)13-18-52(32,53)6)74-49-45(41(65)37(61)29(21-56)72-49)75-47-43(67)39(63)36(60)28(20-55)71-47/h11,25-49,55-68H,9-10,12-23H2,1-8H3/t25-,26+,27-,28+,29+,30+,31-,32+,33-,34+,35-,36+,37+,38+,39-,40-,41-,42+,43+,44+,45+,46-,47-,48-,49-,51-,52+,53+,54-/m0/s1. The average molecular weight is 1090 g/mol. The van der Waals surface area contributed by atoms with Crippen molar-refractivity contribution in [2.24, 2.45) is 45.3 Å². The molecule has 0 amide bonds. The van der Waals surface area contributed by atoms with Crippen LogP contribution in [-0.4, -0.2) is 232 Å². The van der Waals surface area contributed by atoms with Crippen LogP contribution in [-0.2, 0) is 37.9 Å². The second-order valence-electron chi connectivity index (χ2n) is 25.7. The predicted octanol–water partition coefficient (Wildman–Crippen LogP) is -1.17. The van der Waals surface area contributed by atoms with Gasteiger partial charge in [-0.25, -0.2) is 0 Å². The minimum absolute atomic E-state index is 0.0517. The van der Waals surface area contributed by atoms with E-state index in [1.807, 2.05) is 20.8 Å². The van der Waals surface area contributed by atoms with Crippen LogP contribution in [0.5, 0.6) is 0 Å². The van der Waals surface area contributed by atoms with Gasteiger partial charge in [0.05, 0.1) is 44.2 Å². The first kappa shape index (κ1) is 60.9. The van der Waals surface area contributed by atoms with Gasteiger partial charge in [0.25, 0.3) is 0 Å². The van der Waals surface area contributed by atoms with Crippen LogP contribution in [0.15, 0.2) is 11.6 Å². The lowest BCUT2D eigenvalue weighted by molar-refractivity contribution is -0.378. The van der Waals surface area contributed by atoms with E-state index in [9.17, 15) is 71.5 Å². The van der Waals surface area contributed by atoms with E-state index in [0.717, 1.165) is 31.3 Å². The summed E-state index contributed by atoms with van der Waals surface area (Å²) in [5.41, 5.74) is -1.39. The molecule has 14 N–H and O–H groups in total. The molecule has 29 atom stereocenters. The third-order valence-corrected chi connectivity index (χ3v) is 20.7. The largest absolute Gasteiger partial charge is 0.394 e. The first-order valence-electron chi connectivity index (χ1n) is 27.8. The molecule has 4 heterocycles. The summed E-state index contributed by atoms with van der Waals surface area (Å²) in [6, 6.07) is 0. The summed E-state index contributed by atoms with van der Waals surface area (Å²) >= 11 is 0. The molecule has 4 aliphatic heterocycles. The van der Waals surface area contributed by atoms with E-state index in [0.29, 0.717) is 38.5 Å². The number of aliphatic hydroxyl groups is 14. The number of allylic oxidation sites excluding steroid dienone is 2. The Morgan fingerprint density at radius 1 is 0.592 bits per heavy atom. The second kappa shape index (κ2) is 23.3. The number of ether oxygens (including phenoxy) is 8. The van der Waals surface area contributed by atoms with Crippen molar-refractivity contribution < 1.29 is 109 Å². The smallest absolute Gasteiger partial charge is 0.187 e. The van der Waals surface area contributed by atoms with Gasteiger partial charge in [0, 0.05) is 0 Å². The summed E-state index contributed by atoms with van der Waals surface area (Å²) < 4.78 is 48.9. The van der Waals surface area contributed by atoms with Gasteiger partial charge >= 0.3 is 0 Å². The van der Waals surface area contributed by atoms with E-state index in [1.165, 1.54) is 0 Å². The molecule has 0 aromatic heterocycles. The molecule has 76 heavy (non-hydrogen) atoms. The lowest BCUT2D eigenvalue weighted by atomic mass is 9.35. The number of hydrogen-bond acceptors (Lipinski definition) is 22. The molecule has 0 aromatic carbocycles. The summed E-state index contributed by atoms with van der Waals surface area (Å²) in [7, 11) is 0. The Labute approximate surface area is 445 Å². The molecular formula is C54H92O22. The molecule has 0 radical (unpaired) electrons. The topological polar surface area (TPSA) is 357 Å². The molecule has 4 aliphatic carbocycles. The van der Waals surface area contributed by atoms with Gasteiger partial charge in [-0.3, -0.25) is 0 Å². The fourth-order valence-electron chi connectivity index (χ4n) is 16.2. The normalized spacial score (nSPS) is 52.2. The van der Waals surface area contributed by atoms with Gasteiger partial charge in [0.2, 0.25) is 0 Å². The van der Waals surface area contributed by atoms with E-state index in [2.05, 4.69) is 40.7 Å². The van der Waals surface area contributed by atoms with Crippen LogP contribution in [0.2, 0.25) is 0 Å². The molecule has 0 aromatic rings. The van der Waals surface area contributed by atoms with Gasteiger partial charge in [0.1, 0.15) is 91.6 Å². The van der Waals surface area contributed by atoms with Crippen molar-refractivity contribution in [2.45, 2.75) is 254 Å². The van der Waals surface area contributed by atoms with E-state index in [4.69, 9.17) is 37.9 Å². The molecule has 22 nitrogen and oxygen atoms in total. The molecule has 4 saturated heterocycles. The molecule has 4 saturated carbocycles. The Hall–Kier alpha value is -1.14. The zero-order chi connectivity index (χ0) is 55.8. The lowest BCUT2D eigenvalue weighted by Crippen LogP contribution is -2.68. The van der Waals surface area contributed by atoms with Crippen molar-refractivity contribution in [3.63, 3.8) is 0 Å². The van der Waals surface area contributed by atoms with Gasteiger partial charge in [0.15, 0.2) is 25.2 Å². The molecule has 0 bridgehead atoms. The molecular weight excluding hydrogens is 1000 g/mol. The fraction of sp³-hybridized carbons (Fsp3) is 0.963. The lowest BCUT2D eigenvalue weighted by Gasteiger charge is -2.71. The Kier molecular flexibility index (Phi) is 18.6. The first-order valence-corrected chi connectivity index (χ1v) is 27.8. The maximum atomic E-state index is 12.9. The van der Waals surface area contributed by atoms with Crippen LogP contribution in [0, 0.1) is 45.3 Å². The van der Waals surface area contributed by atoms with Crippen LogP contribution in [0.3, 0.4) is 0 Å². The van der Waals surface area contributed by atoms with Crippen LogP contribution in [0.4, 0.5) is 0 Å². The summed E-state index contributed by atoms with van der Waals surface area (Å²) in [4.78, 5) is 0. The molecule has 22 heteroatoms. The molecule has 8 aliphatic rings. The Morgan fingerprint density at radius 2 is 1.17 bits per heavy atom. The van der Waals surface area contributed by atoms with Crippen molar-refractivity contribution in [3.8, 4) is 0 Å². The van der Waals surface area contributed by atoms with Gasteiger partial charge in [-0.05, 0) is 130 Å². The molecule has 0 spiro atoms. The maximum absolute atomic E-state index is 12.9. The summed E-state index contributed by atoms with van der Waals surface area (Å²) in [5, 5.41) is 152. The van der Waals surface area contributed by atoms with Crippen molar-refractivity contribution in [3.05, 3.63) is 11.6 Å². The summed E-state index contributed by atoms with van der Waals surface area (Å²) in [6.07, 6.45) is -21.6. The Morgan fingerprint density at radius 3 is 1.82 bits per heavy atom. The van der Waals surface area contributed by atoms with Gasteiger partial charge in [-0.2, -0.15) is 0 Å². The van der Waals surface area contributed by atoms with Gasteiger partial charge in [-0.15, -0.1) is 0 Å². The van der Waals surface area contributed by atoms with Crippen LogP contribution < -0.4 is 0 Å². The molecule has 8 fully saturated rings. The van der Waals surface area contributed by atoms with E-state index >= 15 is 0 Å². The zero-order valence-electron chi connectivity index (χ0n) is 45.4. The Balaban J connectivity index is 1.01. The predicted molar refractivity (Wildman–Crippen MR) is 265 cm³/mol. The number of unbranched alkanes of at least 4 members (excludes halogenated alkanes) is 1. The first-order chi connectivity index (χ1) is 35.6. The monoisotopic (exact) mass is 1090 g/mol. The van der Waals surface area contributed by atoms with Crippen molar-refractivity contribution in [2.75, 3.05) is 26.4 Å². The minimum atomic E-state index is -1.81. The quantitative estimate of drug-likeness (QED) is 0.0492. The maximum Gasteiger partial charge on any atom is 0.187 e. The molecule has 8 rings (SSSR count). The van der Waals surface area contributed by atoms with Crippen LogP contribution in [0.1, 0.15) is 120 Å². The number of fused-ring (bicyclic) bond motifs is 5. The van der Waals surface area contributed by atoms with E-state index < -0.39 is 165 Å². The summed E-state index contributed by atoms with van der Waals surface area (Å²) in [5.74, 6) is -0.375. The van der Waals surface area contributed by atoms with Gasteiger partial charge < -0.3 is 109 Å². The minimum Gasteiger partial charge on any atom is -0.394 e. The summed E-state index contributed by atoms with van der Waals surface area (Å²) in [6.45, 7) is 15.2. The highest BCUT2D eigenvalue weighted by atomic mass is 16.8. The third-order valence-electron chi connectivity index (χ3n) is 20.7. The van der Waals surface area contributed by atoms with Crippen molar-refractivity contribution >= 4 is 0 Å². The SMILES string of the molecule is CC(C)=CCCC[C@](C)(O[C@@H]1O[C@H](CO[C@@H]2OC[C@H](O)[C@H](O)[C@H]2O)[C@@H](O)[C@H](O)[C@H]1O)[C@H]1CC[C@]2(C)[C@H]1[C@H](O)C[C@@H]1[C@@]3(C)CC[C@H](O[C@@H]4O[C@H](CO)[C@@H](O)[C@H](O)[C@H]4O[C@@H]4O[C@H](CO)[C@@H](O)[C@H](O)[C@H]4O)C(C)(C)[C@@H]3CC[C@]12C. The van der Waals surface area contributed by atoms with E-state index in [1.54, 1.807) is 0 Å². The van der Waals surface area contributed by atoms with Gasteiger partial charge in [-0.1, -0.05) is 46.3 Å². The number of aliphatic hydroxyl groups excluding tert-OH is 14. The number of hydrogen-bond donors (Lipinski definition) is 14. The van der Waals surface area contributed by atoms with E-state index in [-0.39, 0.29) is 41.1 Å². The highest BCUT2D eigenvalue weighted by Crippen LogP contribution is 2.76. The molecule has 0 unspecified atom stereocenters.